The summed E-state index contributed by atoms with van der Waals surface area (Å²) < 4.78 is 10.5. The molecule has 3 heteroatoms. The summed E-state index contributed by atoms with van der Waals surface area (Å²) in [4.78, 5) is 0. The van der Waals surface area contributed by atoms with E-state index in [1.807, 2.05) is 6.08 Å². The molecule has 0 aromatic carbocycles. The SMILES string of the molecule is COC1(OC)CC=C(CO)CC1. The highest BCUT2D eigenvalue weighted by molar-refractivity contribution is 5.08. The topological polar surface area (TPSA) is 38.7 Å². The lowest BCUT2D eigenvalue weighted by Crippen LogP contribution is -2.35. The van der Waals surface area contributed by atoms with E-state index in [0.717, 1.165) is 24.8 Å². The van der Waals surface area contributed by atoms with Crippen LogP contribution in [0.1, 0.15) is 19.3 Å². The summed E-state index contributed by atoms with van der Waals surface area (Å²) in [6, 6.07) is 0. The number of aliphatic hydroxyl groups excluding tert-OH is 1. The molecule has 0 aliphatic heterocycles. The smallest absolute Gasteiger partial charge is 0.171 e. The lowest BCUT2D eigenvalue weighted by molar-refractivity contribution is -0.210. The lowest BCUT2D eigenvalue weighted by atomic mass is 9.94. The molecule has 0 amide bonds. The van der Waals surface area contributed by atoms with Gasteiger partial charge in [0, 0.05) is 27.1 Å². The Kier molecular flexibility index (Phi) is 3.26. The molecule has 1 aliphatic carbocycles. The van der Waals surface area contributed by atoms with Crippen LogP contribution in [0.25, 0.3) is 0 Å². The van der Waals surface area contributed by atoms with Crippen LogP contribution in [0.3, 0.4) is 0 Å². The molecule has 0 heterocycles. The van der Waals surface area contributed by atoms with Crippen LogP contribution >= 0.6 is 0 Å². The van der Waals surface area contributed by atoms with E-state index in [0.29, 0.717) is 0 Å². The molecule has 0 saturated heterocycles. The number of aliphatic hydroxyl groups is 1. The van der Waals surface area contributed by atoms with Gasteiger partial charge in [-0.2, -0.15) is 0 Å². The first kappa shape index (κ1) is 9.71. The third-order valence-electron chi connectivity index (χ3n) is 2.48. The normalized spacial score (nSPS) is 22.1. The van der Waals surface area contributed by atoms with Crippen LogP contribution in [0, 0.1) is 0 Å². The number of ether oxygens (including phenoxy) is 2. The highest BCUT2D eigenvalue weighted by atomic mass is 16.7. The summed E-state index contributed by atoms with van der Waals surface area (Å²) in [5, 5.41) is 8.86. The molecule has 0 atom stereocenters. The Hall–Kier alpha value is -0.380. The summed E-state index contributed by atoms with van der Waals surface area (Å²) in [5.41, 5.74) is 1.08. The second-order valence-corrected chi connectivity index (χ2v) is 3.04. The zero-order valence-corrected chi connectivity index (χ0v) is 7.67. The predicted molar refractivity (Wildman–Crippen MR) is 45.8 cm³/mol. The first-order chi connectivity index (χ1) is 5.76. The Bertz CT molecular complexity index is 171. The minimum atomic E-state index is -0.446. The number of hydrogen-bond donors (Lipinski definition) is 1. The van der Waals surface area contributed by atoms with Gasteiger partial charge in [0.05, 0.1) is 6.61 Å². The van der Waals surface area contributed by atoms with Crippen molar-refractivity contribution in [1.82, 2.24) is 0 Å². The van der Waals surface area contributed by atoms with Gasteiger partial charge in [-0.1, -0.05) is 6.08 Å². The second kappa shape index (κ2) is 4.03. The maximum Gasteiger partial charge on any atom is 0.171 e. The highest BCUT2D eigenvalue weighted by Crippen LogP contribution is 2.30. The van der Waals surface area contributed by atoms with Gasteiger partial charge in [0.2, 0.25) is 0 Å². The van der Waals surface area contributed by atoms with Crippen molar-refractivity contribution in [2.45, 2.75) is 25.0 Å². The monoisotopic (exact) mass is 172 g/mol. The molecule has 0 spiro atoms. The molecule has 0 aromatic heterocycles. The molecule has 0 saturated carbocycles. The van der Waals surface area contributed by atoms with E-state index in [9.17, 15) is 0 Å². The van der Waals surface area contributed by atoms with E-state index in [4.69, 9.17) is 14.6 Å². The summed E-state index contributed by atoms with van der Waals surface area (Å²) in [6.07, 6.45) is 4.41. The van der Waals surface area contributed by atoms with Crippen LogP contribution in [-0.4, -0.2) is 31.7 Å². The maximum atomic E-state index is 8.86. The minimum Gasteiger partial charge on any atom is -0.392 e. The van der Waals surface area contributed by atoms with Crippen LogP contribution in [0.4, 0.5) is 0 Å². The molecule has 1 aliphatic rings. The van der Waals surface area contributed by atoms with Gasteiger partial charge in [0.25, 0.3) is 0 Å². The van der Waals surface area contributed by atoms with E-state index in [1.165, 1.54) is 0 Å². The van der Waals surface area contributed by atoms with E-state index in [1.54, 1.807) is 14.2 Å². The van der Waals surface area contributed by atoms with Crippen molar-refractivity contribution in [2.24, 2.45) is 0 Å². The molecule has 1 N–H and O–H groups in total. The molecule has 0 bridgehead atoms. The zero-order chi connectivity index (χ0) is 9.03. The maximum absolute atomic E-state index is 8.86. The standard InChI is InChI=1S/C9H16O3/c1-11-9(12-2)5-3-8(7-10)4-6-9/h3,10H,4-7H2,1-2H3. The summed E-state index contributed by atoms with van der Waals surface area (Å²) >= 11 is 0. The molecule has 1 rings (SSSR count). The second-order valence-electron chi connectivity index (χ2n) is 3.04. The van der Waals surface area contributed by atoms with Crippen LogP contribution in [0.15, 0.2) is 11.6 Å². The van der Waals surface area contributed by atoms with E-state index in [2.05, 4.69) is 0 Å². The van der Waals surface area contributed by atoms with Crippen molar-refractivity contribution in [3.05, 3.63) is 11.6 Å². The average molecular weight is 172 g/mol. The van der Waals surface area contributed by atoms with Gasteiger partial charge in [-0.25, -0.2) is 0 Å². The number of rotatable bonds is 3. The molecule has 0 radical (unpaired) electrons. The largest absolute Gasteiger partial charge is 0.392 e. The van der Waals surface area contributed by atoms with E-state index in [-0.39, 0.29) is 6.61 Å². The molecule has 0 unspecified atom stereocenters. The highest BCUT2D eigenvalue weighted by Gasteiger charge is 2.31. The van der Waals surface area contributed by atoms with Gasteiger partial charge < -0.3 is 14.6 Å². The third kappa shape index (κ3) is 1.86. The summed E-state index contributed by atoms with van der Waals surface area (Å²) in [6.45, 7) is 0.156. The molecular formula is C9H16O3. The third-order valence-corrected chi connectivity index (χ3v) is 2.48. The lowest BCUT2D eigenvalue weighted by Gasteiger charge is -2.33. The van der Waals surface area contributed by atoms with E-state index >= 15 is 0 Å². The number of methoxy groups -OCH3 is 2. The van der Waals surface area contributed by atoms with Crippen LogP contribution in [0.5, 0.6) is 0 Å². The van der Waals surface area contributed by atoms with Crippen molar-refractivity contribution in [1.29, 1.82) is 0 Å². The van der Waals surface area contributed by atoms with Gasteiger partial charge in [-0.3, -0.25) is 0 Å². The van der Waals surface area contributed by atoms with Crippen molar-refractivity contribution in [2.75, 3.05) is 20.8 Å². The quantitative estimate of drug-likeness (QED) is 0.511. The fourth-order valence-corrected chi connectivity index (χ4v) is 1.45. The molecule has 0 fully saturated rings. The van der Waals surface area contributed by atoms with Crippen LogP contribution < -0.4 is 0 Å². The van der Waals surface area contributed by atoms with Crippen molar-refractivity contribution < 1.29 is 14.6 Å². The number of hydrogen-bond acceptors (Lipinski definition) is 3. The Balaban J connectivity index is 2.59. The van der Waals surface area contributed by atoms with Crippen molar-refractivity contribution in [3.63, 3.8) is 0 Å². The van der Waals surface area contributed by atoms with Gasteiger partial charge in [0.1, 0.15) is 0 Å². The Morgan fingerprint density at radius 1 is 1.50 bits per heavy atom. The Morgan fingerprint density at radius 2 is 2.17 bits per heavy atom. The summed E-state index contributed by atoms with van der Waals surface area (Å²) in [5.74, 6) is -0.446. The minimum absolute atomic E-state index is 0.156. The van der Waals surface area contributed by atoms with E-state index < -0.39 is 5.79 Å². The predicted octanol–water partition coefficient (Wildman–Crippen LogP) is 1.08. The zero-order valence-electron chi connectivity index (χ0n) is 7.67. The first-order valence-corrected chi connectivity index (χ1v) is 4.15. The molecular weight excluding hydrogens is 156 g/mol. The molecule has 12 heavy (non-hydrogen) atoms. The Morgan fingerprint density at radius 3 is 2.50 bits per heavy atom. The van der Waals surface area contributed by atoms with Gasteiger partial charge in [-0.15, -0.1) is 0 Å². The summed E-state index contributed by atoms with van der Waals surface area (Å²) in [7, 11) is 3.31. The van der Waals surface area contributed by atoms with Crippen LogP contribution in [0.2, 0.25) is 0 Å². The molecule has 0 aromatic rings. The molecule has 3 nitrogen and oxygen atoms in total. The molecule has 70 valence electrons. The Labute approximate surface area is 73.0 Å². The van der Waals surface area contributed by atoms with Crippen LogP contribution in [-0.2, 0) is 9.47 Å². The van der Waals surface area contributed by atoms with Crippen molar-refractivity contribution >= 4 is 0 Å². The van der Waals surface area contributed by atoms with Gasteiger partial charge in [-0.05, 0) is 12.0 Å². The fourth-order valence-electron chi connectivity index (χ4n) is 1.45. The van der Waals surface area contributed by atoms with Gasteiger partial charge in [0.15, 0.2) is 5.79 Å². The first-order valence-electron chi connectivity index (χ1n) is 4.15. The fraction of sp³-hybridized carbons (Fsp3) is 0.778. The van der Waals surface area contributed by atoms with Crippen molar-refractivity contribution in [3.8, 4) is 0 Å². The average Bonchev–Trinajstić information content (AvgIpc) is 2.18. The van der Waals surface area contributed by atoms with Gasteiger partial charge >= 0.3 is 0 Å².